The van der Waals surface area contributed by atoms with Gasteiger partial charge in [-0.25, -0.2) is 0 Å². The molecule has 20 heavy (non-hydrogen) atoms. The van der Waals surface area contributed by atoms with Crippen LogP contribution < -0.4 is 11.1 Å². The number of pyridine rings is 1. The van der Waals surface area contributed by atoms with Gasteiger partial charge in [0.2, 0.25) is 5.91 Å². The van der Waals surface area contributed by atoms with E-state index in [0.29, 0.717) is 17.1 Å². The van der Waals surface area contributed by atoms with E-state index in [1.807, 2.05) is 25.1 Å². The van der Waals surface area contributed by atoms with Crippen LogP contribution in [0.4, 0.5) is 0 Å². The minimum Gasteiger partial charge on any atom is -0.366 e. The van der Waals surface area contributed by atoms with Gasteiger partial charge in [-0.1, -0.05) is 23.7 Å². The van der Waals surface area contributed by atoms with Crippen LogP contribution in [0.3, 0.4) is 0 Å². The lowest BCUT2D eigenvalue weighted by Crippen LogP contribution is -2.19. The summed E-state index contributed by atoms with van der Waals surface area (Å²) in [5.41, 5.74) is 7.51. The summed E-state index contributed by atoms with van der Waals surface area (Å²) >= 11 is 6.14. The Kier molecular flexibility index (Phi) is 4.71. The number of carbonyl (C=O) groups is 1. The number of benzene rings is 1. The summed E-state index contributed by atoms with van der Waals surface area (Å²) in [6.45, 7) is 2.63. The van der Waals surface area contributed by atoms with Gasteiger partial charge >= 0.3 is 0 Å². The van der Waals surface area contributed by atoms with E-state index in [4.69, 9.17) is 17.3 Å². The van der Waals surface area contributed by atoms with Crippen LogP contribution in [0, 0.1) is 0 Å². The quantitative estimate of drug-likeness (QED) is 0.889. The second kappa shape index (κ2) is 6.50. The van der Waals surface area contributed by atoms with Crippen molar-refractivity contribution in [2.24, 2.45) is 5.73 Å². The van der Waals surface area contributed by atoms with Gasteiger partial charge in [0, 0.05) is 29.4 Å². The highest BCUT2D eigenvalue weighted by Crippen LogP contribution is 2.19. The molecule has 0 saturated carbocycles. The monoisotopic (exact) mass is 289 g/mol. The zero-order chi connectivity index (χ0) is 14.5. The fourth-order valence-electron chi connectivity index (χ4n) is 1.84. The Balaban J connectivity index is 2.02. The van der Waals surface area contributed by atoms with Gasteiger partial charge in [-0.3, -0.25) is 9.78 Å². The summed E-state index contributed by atoms with van der Waals surface area (Å²) < 4.78 is 0. The van der Waals surface area contributed by atoms with Crippen LogP contribution in [0.1, 0.15) is 34.6 Å². The van der Waals surface area contributed by atoms with Gasteiger partial charge < -0.3 is 11.1 Å². The van der Waals surface area contributed by atoms with E-state index in [2.05, 4.69) is 10.3 Å². The molecule has 4 nitrogen and oxygen atoms in total. The number of aromatic nitrogens is 1. The highest BCUT2D eigenvalue weighted by Gasteiger charge is 2.09. The van der Waals surface area contributed by atoms with Crippen molar-refractivity contribution < 1.29 is 4.79 Å². The summed E-state index contributed by atoms with van der Waals surface area (Å²) in [7, 11) is 0. The van der Waals surface area contributed by atoms with Crippen molar-refractivity contribution in [3.05, 3.63) is 64.4 Å². The number of nitrogens with zero attached hydrogens (tertiary/aromatic N) is 1. The van der Waals surface area contributed by atoms with Gasteiger partial charge in [0.05, 0.1) is 5.69 Å². The summed E-state index contributed by atoms with van der Waals surface area (Å²) in [4.78, 5) is 15.3. The lowest BCUT2D eigenvalue weighted by atomic mass is 10.1. The number of hydrogen-bond donors (Lipinski definition) is 2. The molecule has 0 saturated heterocycles. The largest absolute Gasteiger partial charge is 0.366 e. The van der Waals surface area contributed by atoms with Crippen LogP contribution in [0.15, 0.2) is 42.6 Å². The number of halogens is 1. The van der Waals surface area contributed by atoms with E-state index in [-0.39, 0.29) is 6.04 Å². The lowest BCUT2D eigenvalue weighted by molar-refractivity contribution is 0.100. The summed E-state index contributed by atoms with van der Waals surface area (Å²) in [6, 6.07) is 11.0. The maximum absolute atomic E-state index is 11.1. The molecule has 5 heteroatoms. The fraction of sp³-hybridized carbons (Fsp3) is 0.200. The van der Waals surface area contributed by atoms with Crippen molar-refractivity contribution in [3.63, 3.8) is 0 Å². The zero-order valence-corrected chi connectivity index (χ0v) is 11.9. The smallest absolute Gasteiger partial charge is 0.248 e. The molecule has 1 aromatic carbocycles. The Hall–Kier alpha value is -1.91. The third kappa shape index (κ3) is 3.56. The predicted molar refractivity (Wildman–Crippen MR) is 79.5 cm³/mol. The van der Waals surface area contributed by atoms with Gasteiger partial charge in [-0.05, 0) is 36.8 Å². The van der Waals surface area contributed by atoms with Crippen molar-refractivity contribution >= 4 is 17.5 Å². The number of carbonyl (C=O) groups excluding carboxylic acids is 1. The highest BCUT2D eigenvalue weighted by atomic mass is 35.5. The van der Waals surface area contributed by atoms with E-state index >= 15 is 0 Å². The Morgan fingerprint density at radius 1 is 1.40 bits per heavy atom. The van der Waals surface area contributed by atoms with E-state index < -0.39 is 5.91 Å². The first kappa shape index (κ1) is 14.5. The first-order valence-electron chi connectivity index (χ1n) is 6.30. The van der Waals surface area contributed by atoms with Gasteiger partial charge in [-0.2, -0.15) is 0 Å². The van der Waals surface area contributed by atoms with E-state index in [0.717, 1.165) is 11.3 Å². The normalized spacial score (nSPS) is 12.1. The molecule has 1 heterocycles. The van der Waals surface area contributed by atoms with Crippen LogP contribution in [0.5, 0.6) is 0 Å². The molecule has 0 aliphatic heterocycles. The number of nitrogens with two attached hydrogens (primary N) is 1. The first-order valence-corrected chi connectivity index (χ1v) is 6.68. The van der Waals surface area contributed by atoms with Crippen molar-refractivity contribution in [3.8, 4) is 0 Å². The summed E-state index contributed by atoms with van der Waals surface area (Å²) in [5.74, 6) is -0.478. The fourth-order valence-corrected chi connectivity index (χ4v) is 2.09. The minimum absolute atomic E-state index is 0.114. The Labute approximate surface area is 123 Å². The number of primary amides is 1. The highest BCUT2D eigenvalue weighted by molar-refractivity contribution is 6.31. The second-order valence-corrected chi connectivity index (χ2v) is 4.93. The molecule has 0 radical (unpaired) electrons. The van der Waals surface area contributed by atoms with Crippen LogP contribution in [-0.2, 0) is 6.54 Å². The van der Waals surface area contributed by atoms with Crippen LogP contribution in [0.2, 0.25) is 5.02 Å². The minimum atomic E-state index is -0.478. The number of amides is 1. The SMILES string of the molecule is CC(NCc1ccc(C(N)=O)cc1Cl)c1ccccn1. The maximum atomic E-state index is 11.1. The second-order valence-electron chi connectivity index (χ2n) is 4.53. The molecular weight excluding hydrogens is 274 g/mol. The molecule has 2 aromatic rings. The molecule has 0 aliphatic rings. The van der Waals surface area contributed by atoms with E-state index in [9.17, 15) is 4.79 Å². The molecule has 1 atom stereocenters. The lowest BCUT2D eigenvalue weighted by Gasteiger charge is -2.14. The molecule has 3 N–H and O–H groups in total. The van der Waals surface area contributed by atoms with Gasteiger partial charge in [0.15, 0.2) is 0 Å². The van der Waals surface area contributed by atoms with Gasteiger partial charge in [-0.15, -0.1) is 0 Å². The van der Waals surface area contributed by atoms with Crippen LogP contribution in [0.25, 0.3) is 0 Å². The molecule has 1 unspecified atom stereocenters. The molecule has 1 aromatic heterocycles. The molecule has 0 bridgehead atoms. The summed E-state index contributed by atoms with van der Waals surface area (Å²) in [5, 5.41) is 3.87. The van der Waals surface area contributed by atoms with Crippen LogP contribution >= 0.6 is 11.6 Å². The zero-order valence-electron chi connectivity index (χ0n) is 11.1. The van der Waals surface area contributed by atoms with Crippen molar-refractivity contribution in [1.29, 1.82) is 0 Å². The third-order valence-corrected chi connectivity index (χ3v) is 3.42. The maximum Gasteiger partial charge on any atom is 0.248 e. The predicted octanol–water partition coefficient (Wildman–Crippen LogP) is 2.68. The standard InChI is InChI=1S/C15H16ClN3O/c1-10(14-4-2-3-7-18-14)19-9-12-6-5-11(15(17)20)8-13(12)16/h2-8,10,19H,9H2,1H3,(H2,17,20). The number of rotatable bonds is 5. The molecule has 104 valence electrons. The van der Waals surface area contributed by atoms with E-state index in [1.165, 1.54) is 0 Å². The van der Waals surface area contributed by atoms with Crippen molar-refractivity contribution in [2.45, 2.75) is 19.5 Å². The Morgan fingerprint density at radius 3 is 2.80 bits per heavy atom. The van der Waals surface area contributed by atoms with Crippen molar-refractivity contribution in [1.82, 2.24) is 10.3 Å². The Bertz CT molecular complexity index is 601. The molecular formula is C15H16ClN3O. The van der Waals surface area contributed by atoms with Gasteiger partial charge in [0.1, 0.15) is 0 Å². The molecule has 0 fully saturated rings. The first-order chi connectivity index (χ1) is 9.58. The molecule has 1 amide bonds. The van der Waals surface area contributed by atoms with E-state index in [1.54, 1.807) is 24.4 Å². The summed E-state index contributed by atoms with van der Waals surface area (Å²) in [6.07, 6.45) is 1.77. The average Bonchev–Trinajstić information content (AvgIpc) is 2.46. The average molecular weight is 290 g/mol. The molecule has 2 rings (SSSR count). The molecule has 0 aliphatic carbocycles. The topological polar surface area (TPSA) is 68.0 Å². The van der Waals surface area contributed by atoms with Gasteiger partial charge in [0.25, 0.3) is 0 Å². The van der Waals surface area contributed by atoms with Crippen molar-refractivity contribution in [2.75, 3.05) is 0 Å². The molecule has 0 spiro atoms. The number of hydrogen-bond acceptors (Lipinski definition) is 3. The number of nitrogens with one attached hydrogen (secondary N) is 1. The third-order valence-electron chi connectivity index (χ3n) is 3.07. The van der Waals surface area contributed by atoms with Crippen LogP contribution in [-0.4, -0.2) is 10.9 Å². The Morgan fingerprint density at radius 2 is 2.20 bits per heavy atom.